The van der Waals surface area contributed by atoms with Gasteiger partial charge in [0.05, 0.1) is 5.60 Å². The van der Waals surface area contributed by atoms with Crippen LogP contribution in [0.3, 0.4) is 0 Å². The molecule has 0 spiro atoms. The van der Waals surface area contributed by atoms with Crippen molar-refractivity contribution < 1.29 is 5.11 Å². The lowest BCUT2D eigenvalue weighted by atomic mass is 9.72. The number of rotatable bonds is 6. The number of nitrogens with zero attached hydrogens (tertiary/aromatic N) is 2. The molecule has 6 heteroatoms. The highest BCUT2D eigenvalue weighted by molar-refractivity contribution is 6.30. The third kappa shape index (κ3) is 7.48. The van der Waals surface area contributed by atoms with Gasteiger partial charge >= 0.3 is 0 Å². The van der Waals surface area contributed by atoms with Gasteiger partial charge in [0.1, 0.15) is 0 Å². The zero-order valence-corrected chi connectivity index (χ0v) is 21.2. The number of benzene rings is 1. The second kappa shape index (κ2) is 13.0. The smallest absolute Gasteiger partial charge is 0.0728 e. The van der Waals surface area contributed by atoms with Crippen molar-refractivity contribution >= 4 is 36.4 Å². The Hall–Kier alpha value is -0.0300. The van der Waals surface area contributed by atoms with E-state index in [9.17, 15) is 5.11 Å². The summed E-state index contributed by atoms with van der Waals surface area (Å²) >= 11 is 6.33. The van der Waals surface area contributed by atoms with Crippen LogP contribution in [0.5, 0.6) is 0 Å². The van der Waals surface area contributed by atoms with Gasteiger partial charge in [-0.2, -0.15) is 0 Å². The van der Waals surface area contributed by atoms with Crippen LogP contribution in [0.2, 0.25) is 5.02 Å². The lowest BCUT2D eigenvalue weighted by molar-refractivity contribution is -0.0346. The predicted molar refractivity (Wildman–Crippen MR) is 136 cm³/mol. The van der Waals surface area contributed by atoms with Gasteiger partial charge < -0.3 is 14.9 Å². The van der Waals surface area contributed by atoms with Crippen LogP contribution in [0.4, 0.5) is 0 Å². The van der Waals surface area contributed by atoms with Gasteiger partial charge in [-0.3, -0.25) is 0 Å². The Morgan fingerprint density at radius 2 is 1.52 bits per heavy atom. The van der Waals surface area contributed by atoms with Crippen LogP contribution >= 0.6 is 36.4 Å². The van der Waals surface area contributed by atoms with Crippen LogP contribution in [-0.4, -0.2) is 59.8 Å². The van der Waals surface area contributed by atoms with Crippen molar-refractivity contribution in [3.8, 4) is 0 Å². The summed E-state index contributed by atoms with van der Waals surface area (Å²) in [7, 11) is 0. The van der Waals surface area contributed by atoms with Crippen molar-refractivity contribution in [2.75, 3.05) is 39.3 Å². The quantitative estimate of drug-likeness (QED) is 0.516. The molecule has 0 aromatic heterocycles. The first-order valence-corrected chi connectivity index (χ1v) is 12.4. The number of hydrogen-bond acceptors (Lipinski definition) is 3. The molecule has 1 saturated heterocycles. The largest absolute Gasteiger partial charge is 0.389 e. The molecule has 3 fully saturated rings. The minimum atomic E-state index is -0.581. The molecule has 2 aliphatic carbocycles. The van der Waals surface area contributed by atoms with Crippen LogP contribution in [-0.2, 0) is 0 Å². The average molecular weight is 492 g/mol. The Balaban J connectivity index is 0.00000171. The zero-order chi connectivity index (χ0) is 20.1. The summed E-state index contributed by atoms with van der Waals surface area (Å²) in [5.41, 5.74) is 0.633. The number of aliphatic hydroxyl groups is 1. The van der Waals surface area contributed by atoms with Crippen LogP contribution in [0.15, 0.2) is 24.3 Å². The van der Waals surface area contributed by atoms with Gasteiger partial charge in [0.25, 0.3) is 0 Å². The minimum absolute atomic E-state index is 0. The fourth-order valence-corrected chi connectivity index (χ4v) is 6.17. The van der Waals surface area contributed by atoms with E-state index in [0.717, 1.165) is 56.3 Å². The van der Waals surface area contributed by atoms with Crippen molar-refractivity contribution in [2.45, 2.75) is 75.7 Å². The Morgan fingerprint density at radius 3 is 2.16 bits per heavy atom. The topological polar surface area (TPSA) is 26.7 Å². The summed E-state index contributed by atoms with van der Waals surface area (Å²) in [5.74, 6) is 1.09. The fourth-order valence-electron chi connectivity index (χ4n) is 5.97. The van der Waals surface area contributed by atoms with Crippen molar-refractivity contribution in [1.29, 1.82) is 0 Å². The van der Waals surface area contributed by atoms with Crippen LogP contribution < -0.4 is 0 Å². The molecular weight excluding hydrogens is 451 g/mol. The normalized spacial score (nSPS) is 24.1. The van der Waals surface area contributed by atoms with Crippen molar-refractivity contribution in [3.63, 3.8) is 0 Å². The lowest BCUT2D eigenvalue weighted by Crippen LogP contribution is -2.51. The Morgan fingerprint density at radius 1 is 0.903 bits per heavy atom. The molecule has 4 rings (SSSR count). The molecule has 178 valence electrons. The first kappa shape index (κ1) is 27.2. The van der Waals surface area contributed by atoms with E-state index in [2.05, 4.69) is 21.9 Å². The summed E-state index contributed by atoms with van der Waals surface area (Å²) < 4.78 is 0. The SMILES string of the molecule is Cl.Cl.OC1(C(CN2CCN(CC3CCCCC3)CC2)c2cccc(Cl)c2)CCCCC1. The van der Waals surface area contributed by atoms with Crippen molar-refractivity contribution in [2.24, 2.45) is 5.92 Å². The first-order valence-electron chi connectivity index (χ1n) is 12.0. The molecule has 1 N–H and O–H groups in total. The van der Waals surface area contributed by atoms with Gasteiger partial charge in [0.2, 0.25) is 0 Å². The second-order valence-electron chi connectivity index (χ2n) is 9.88. The summed E-state index contributed by atoms with van der Waals surface area (Å²) in [4.78, 5) is 5.28. The average Bonchev–Trinajstić information content (AvgIpc) is 2.74. The van der Waals surface area contributed by atoms with E-state index in [1.807, 2.05) is 12.1 Å². The number of piperazine rings is 1. The van der Waals surface area contributed by atoms with Crippen LogP contribution in [0.25, 0.3) is 0 Å². The van der Waals surface area contributed by atoms with E-state index in [0.29, 0.717) is 0 Å². The Bertz CT molecular complexity index is 639. The molecule has 31 heavy (non-hydrogen) atoms. The monoisotopic (exact) mass is 490 g/mol. The molecule has 0 bridgehead atoms. The molecule has 3 aliphatic rings. The summed E-state index contributed by atoms with van der Waals surface area (Å²) in [5, 5.41) is 12.4. The highest BCUT2D eigenvalue weighted by Gasteiger charge is 2.40. The number of halogens is 3. The summed E-state index contributed by atoms with van der Waals surface area (Å²) in [6.45, 7) is 6.86. The van der Waals surface area contributed by atoms with Crippen molar-refractivity contribution in [1.82, 2.24) is 9.80 Å². The van der Waals surface area contributed by atoms with E-state index in [1.165, 1.54) is 63.7 Å². The van der Waals surface area contributed by atoms with Gasteiger partial charge in [0, 0.05) is 50.2 Å². The van der Waals surface area contributed by atoms with Crippen molar-refractivity contribution in [3.05, 3.63) is 34.9 Å². The molecule has 0 amide bonds. The van der Waals surface area contributed by atoms with Crippen LogP contribution in [0, 0.1) is 5.92 Å². The molecule has 3 nitrogen and oxygen atoms in total. The van der Waals surface area contributed by atoms with Gasteiger partial charge in [0.15, 0.2) is 0 Å². The lowest BCUT2D eigenvalue weighted by Gasteiger charge is -2.44. The second-order valence-corrected chi connectivity index (χ2v) is 10.3. The third-order valence-electron chi connectivity index (χ3n) is 7.77. The maximum absolute atomic E-state index is 11.6. The first-order chi connectivity index (χ1) is 14.1. The fraction of sp³-hybridized carbons (Fsp3) is 0.760. The van der Waals surface area contributed by atoms with E-state index >= 15 is 0 Å². The third-order valence-corrected chi connectivity index (χ3v) is 8.00. The van der Waals surface area contributed by atoms with Gasteiger partial charge in [-0.05, 0) is 49.3 Å². The zero-order valence-electron chi connectivity index (χ0n) is 18.8. The Kier molecular flexibility index (Phi) is 11.4. The predicted octanol–water partition coefficient (Wildman–Crippen LogP) is 6.16. The molecular formula is C25H41Cl3N2O. The molecule has 1 aromatic carbocycles. The van der Waals surface area contributed by atoms with E-state index < -0.39 is 5.60 Å². The molecule has 1 unspecified atom stereocenters. The summed E-state index contributed by atoms with van der Waals surface area (Å²) in [6, 6.07) is 8.23. The van der Waals surface area contributed by atoms with E-state index in [4.69, 9.17) is 11.6 Å². The Labute approximate surface area is 206 Å². The molecule has 0 radical (unpaired) electrons. The minimum Gasteiger partial charge on any atom is -0.389 e. The standard InChI is InChI=1S/C25H39ClN2O.2ClH/c26-23-11-7-10-22(18-23)24(25(29)12-5-2-6-13-25)20-28-16-14-27(15-17-28)19-21-8-3-1-4-9-21;;/h7,10-11,18,21,24,29H,1-6,8-9,12-17,19-20H2;2*1H. The molecule has 2 saturated carbocycles. The number of hydrogen-bond donors (Lipinski definition) is 1. The van der Waals surface area contributed by atoms with Gasteiger partial charge in [-0.25, -0.2) is 0 Å². The maximum atomic E-state index is 11.6. The van der Waals surface area contributed by atoms with E-state index in [-0.39, 0.29) is 30.7 Å². The maximum Gasteiger partial charge on any atom is 0.0728 e. The molecule has 1 heterocycles. The highest BCUT2D eigenvalue weighted by atomic mass is 35.5. The molecule has 1 aliphatic heterocycles. The molecule has 1 aromatic rings. The summed E-state index contributed by atoms with van der Waals surface area (Å²) in [6.07, 6.45) is 12.6. The highest BCUT2D eigenvalue weighted by Crippen LogP contribution is 2.41. The van der Waals surface area contributed by atoms with E-state index in [1.54, 1.807) is 0 Å². The van der Waals surface area contributed by atoms with Gasteiger partial charge in [-0.15, -0.1) is 24.8 Å². The van der Waals surface area contributed by atoms with Crippen LogP contribution in [0.1, 0.15) is 75.7 Å². The van der Waals surface area contributed by atoms with Gasteiger partial charge in [-0.1, -0.05) is 62.3 Å². The molecule has 1 atom stereocenters.